The largest absolute Gasteiger partial charge is 0.458 e. The van der Waals surface area contributed by atoms with Crippen LogP contribution in [0.1, 0.15) is 107 Å². The highest BCUT2D eigenvalue weighted by Gasteiger charge is 2.61. The van der Waals surface area contributed by atoms with Gasteiger partial charge >= 0.3 is 5.97 Å². The van der Waals surface area contributed by atoms with Crippen LogP contribution in [-0.2, 0) is 14.9 Å². The summed E-state index contributed by atoms with van der Waals surface area (Å²) in [5.41, 5.74) is 2.29. The number of ether oxygens (including phenoxy) is 1. The Balaban J connectivity index is 1.93. The van der Waals surface area contributed by atoms with E-state index in [1.165, 1.54) is 17.7 Å². The van der Waals surface area contributed by atoms with Crippen molar-refractivity contribution >= 4 is 23.2 Å². The van der Waals surface area contributed by atoms with Crippen molar-refractivity contribution in [3.63, 3.8) is 0 Å². The molecule has 2 aromatic heterocycles. The van der Waals surface area contributed by atoms with Crippen molar-refractivity contribution in [3.8, 4) is 0 Å². The number of nitrogens with zero attached hydrogens (tertiary/aromatic N) is 4. The van der Waals surface area contributed by atoms with Crippen LogP contribution in [0.5, 0.6) is 0 Å². The summed E-state index contributed by atoms with van der Waals surface area (Å²) in [5.74, 6) is -0.689. The third kappa shape index (κ3) is 6.06. The first kappa shape index (κ1) is 28.9. The quantitative estimate of drug-likeness (QED) is 0.318. The molecule has 1 fully saturated rings. The molecular weight excluding hydrogens is 508 g/mol. The summed E-state index contributed by atoms with van der Waals surface area (Å²) in [6.07, 6.45) is 5.88. The smallest absolute Gasteiger partial charge is 0.332 e. The number of hydrogen-bond acceptors (Lipinski definition) is 7. The number of rotatable bonds is 6. The van der Waals surface area contributed by atoms with Gasteiger partial charge in [0.2, 0.25) is 0 Å². The van der Waals surface area contributed by atoms with E-state index in [-0.39, 0.29) is 29.1 Å². The lowest BCUT2D eigenvalue weighted by molar-refractivity contribution is -0.168. The van der Waals surface area contributed by atoms with Gasteiger partial charge in [-0.2, -0.15) is 0 Å². The highest BCUT2D eigenvalue weighted by atomic mass is 32.1. The molecule has 1 aliphatic rings. The minimum Gasteiger partial charge on any atom is -0.458 e. The highest BCUT2D eigenvalue weighted by molar-refractivity contribution is 7.09. The van der Waals surface area contributed by atoms with Crippen molar-refractivity contribution in [3.05, 3.63) is 76.3 Å². The van der Waals surface area contributed by atoms with E-state index in [0.717, 1.165) is 16.1 Å². The van der Waals surface area contributed by atoms with E-state index in [4.69, 9.17) is 4.74 Å². The SMILES string of the molecule is CC(C)C[C@@]1(C(=O)OC(C)(C)C)C[C@@H](c2ccncn2)[C@H](c2cncs2)N1C(=O)c1ccc(C(C)(C)C)cc1. The molecule has 3 atom stereocenters. The maximum absolute atomic E-state index is 14.6. The molecule has 0 bridgehead atoms. The molecule has 3 heterocycles. The molecule has 0 aliphatic carbocycles. The van der Waals surface area contributed by atoms with Crippen LogP contribution in [0.3, 0.4) is 0 Å². The number of carbonyl (C=O) groups is 2. The normalized spacial score (nSPS) is 21.8. The van der Waals surface area contributed by atoms with Gasteiger partial charge < -0.3 is 9.64 Å². The Bertz CT molecular complexity index is 1280. The number of carbonyl (C=O) groups excluding carboxylic acids is 2. The molecule has 1 amide bonds. The van der Waals surface area contributed by atoms with Gasteiger partial charge in [-0.25, -0.2) is 14.8 Å². The van der Waals surface area contributed by atoms with Gasteiger partial charge in [0.05, 0.1) is 11.6 Å². The van der Waals surface area contributed by atoms with Gasteiger partial charge in [-0.3, -0.25) is 9.78 Å². The standard InChI is InChI=1S/C31H40N4O3S/c1-20(2)15-31(28(37)38-30(6,7)8)16-23(24-13-14-32-18-34-24)26(25-17-33-19-39-25)35(31)27(36)21-9-11-22(12-10-21)29(3,4)5/h9-14,17-20,23,26H,15-16H2,1-8H3/t23-,26+,31-/m0/s1. The second-order valence-electron chi connectivity index (χ2n) is 12.9. The van der Waals surface area contributed by atoms with Crippen LogP contribution in [-0.4, -0.2) is 42.9 Å². The third-order valence-electron chi connectivity index (χ3n) is 7.15. The van der Waals surface area contributed by atoms with Gasteiger partial charge in [0.1, 0.15) is 17.5 Å². The molecule has 1 aliphatic heterocycles. The molecule has 8 heteroatoms. The van der Waals surface area contributed by atoms with Crippen molar-refractivity contribution < 1.29 is 14.3 Å². The number of aromatic nitrogens is 3. The topological polar surface area (TPSA) is 85.3 Å². The molecule has 39 heavy (non-hydrogen) atoms. The Morgan fingerprint density at radius 2 is 1.77 bits per heavy atom. The molecule has 0 unspecified atom stereocenters. The molecular formula is C31H40N4O3S. The van der Waals surface area contributed by atoms with Gasteiger partial charge in [0.15, 0.2) is 0 Å². The van der Waals surface area contributed by atoms with Gasteiger partial charge in [0.25, 0.3) is 5.91 Å². The number of likely N-dealkylation sites (tertiary alicyclic amines) is 1. The fraction of sp³-hybridized carbons (Fsp3) is 0.516. The highest BCUT2D eigenvalue weighted by Crippen LogP contribution is 2.55. The van der Waals surface area contributed by atoms with Gasteiger partial charge in [-0.05, 0) is 68.7 Å². The van der Waals surface area contributed by atoms with Gasteiger partial charge in [0, 0.05) is 34.4 Å². The first-order valence-corrected chi connectivity index (χ1v) is 14.4. The molecule has 1 saturated heterocycles. The van der Waals surface area contributed by atoms with E-state index >= 15 is 0 Å². The number of benzene rings is 1. The molecule has 0 saturated carbocycles. The first-order chi connectivity index (χ1) is 18.2. The molecule has 208 valence electrons. The number of thiazole rings is 1. The fourth-order valence-corrected chi connectivity index (χ4v) is 6.35. The minimum atomic E-state index is -1.19. The Kier molecular flexibility index (Phi) is 7.99. The van der Waals surface area contributed by atoms with Crippen LogP contribution in [0.4, 0.5) is 0 Å². The molecule has 0 N–H and O–H groups in total. The second-order valence-corrected chi connectivity index (χ2v) is 13.8. The number of hydrogen-bond donors (Lipinski definition) is 0. The van der Waals surface area contributed by atoms with Crippen LogP contribution in [0.25, 0.3) is 0 Å². The Labute approximate surface area is 236 Å². The molecule has 0 spiro atoms. The lowest BCUT2D eigenvalue weighted by atomic mass is 9.82. The van der Waals surface area contributed by atoms with Crippen molar-refractivity contribution in [1.29, 1.82) is 0 Å². The number of esters is 1. The monoisotopic (exact) mass is 548 g/mol. The van der Waals surface area contributed by atoms with E-state index in [0.29, 0.717) is 18.4 Å². The zero-order valence-electron chi connectivity index (χ0n) is 24.3. The van der Waals surface area contributed by atoms with Crippen molar-refractivity contribution in [2.45, 2.75) is 96.7 Å². The Morgan fingerprint density at radius 1 is 1.08 bits per heavy atom. The van der Waals surface area contributed by atoms with E-state index < -0.39 is 17.2 Å². The first-order valence-electron chi connectivity index (χ1n) is 13.5. The summed E-state index contributed by atoms with van der Waals surface area (Å²) in [5, 5.41) is 0. The summed E-state index contributed by atoms with van der Waals surface area (Å²) in [6.45, 7) is 16.2. The van der Waals surface area contributed by atoms with Crippen LogP contribution < -0.4 is 0 Å². The zero-order valence-corrected chi connectivity index (χ0v) is 25.1. The Morgan fingerprint density at radius 3 is 2.28 bits per heavy atom. The van der Waals surface area contributed by atoms with Gasteiger partial charge in [-0.15, -0.1) is 11.3 Å². The lowest BCUT2D eigenvalue weighted by Crippen LogP contribution is -2.56. The van der Waals surface area contributed by atoms with Crippen LogP contribution in [0.2, 0.25) is 0 Å². The maximum atomic E-state index is 14.6. The average molecular weight is 549 g/mol. The van der Waals surface area contributed by atoms with Gasteiger partial charge in [-0.1, -0.05) is 46.8 Å². The van der Waals surface area contributed by atoms with E-state index in [1.807, 2.05) is 51.1 Å². The average Bonchev–Trinajstić information content (AvgIpc) is 3.49. The minimum absolute atomic E-state index is 0.0452. The summed E-state index contributed by atoms with van der Waals surface area (Å²) in [4.78, 5) is 44.7. The van der Waals surface area contributed by atoms with Crippen LogP contribution in [0.15, 0.2) is 54.6 Å². The predicted octanol–water partition coefficient (Wildman–Crippen LogP) is 6.73. The summed E-state index contributed by atoms with van der Waals surface area (Å²) in [6, 6.07) is 9.20. The summed E-state index contributed by atoms with van der Waals surface area (Å²) < 4.78 is 6.08. The number of amides is 1. The van der Waals surface area contributed by atoms with Crippen molar-refractivity contribution in [1.82, 2.24) is 19.9 Å². The van der Waals surface area contributed by atoms with Crippen LogP contribution in [0, 0.1) is 5.92 Å². The zero-order chi connectivity index (χ0) is 28.6. The maximum Gasteiger partial charge on any atom is 0.332 e. The third-order valence-corrected chi connectivity index (χ3v) is 7.99. The summed E-state index contributed by atoms with van der Waals surface area (Å²) >= 11 is 1.48. The molecule has 7 nitrogen and oxygen atoms in total. The molecule has 0 radical (unpaired) electrons. The lowest BCUT2D eigenvalue weighted by Gasteiger charge is -2.41. The van der Waals surface area contributed by atoms with Crippen molar-refractivity contribution in [2.24, 2.45) is 5.92 Å². The Hall–Kier alpha value is -3.13. The molecule has 1 aromatic carbocycles. The van der Waals surface area contributed by atoms with E-state index in [1.54, 1.807) is 22.8 Å². The summed E-state index contributed by atoms with van der Waals surface area (Å²) in [7, 11) is 0. The predicted molar refractivity (Wildman–Crippen MR) is 154 cm³/mol. The molecule has 4 rings (SSSR count). The van der Waals surface area contributed by atoms with E-state index in [9.17, 15) is 9.59 Å². The van der Waals surface area contributed by atoms with E-state index in [2.05, 4.69) is 49.6 Å². The van der Waals surface area contributed by atoms with Crippen LogP contribution >= 0.6 is 11.3 Å². The second kappa shape index (κ2) is 10.8. The fourth-order valence-electron chi connectivity index (χ4n) is 5.57. The van der Waals surface area contributed by atoms with Crippen molar-refractivity contribution in [2.75, 3.05) is 0 Å². The molecule has 3 aromatic rings.